The van der Waals surface area contributed by atoms with Crippen LogP contribution in [0.3, 0.4) is 0 Å². The van der Waals surface area contributed by atoms with Gasteiger partial charge in [0.2, 0.25) is 23.6 Å². The van der Waals surface area contributed by atoms with Crippen LogP contribution >= 0.6 is 0 Å². The summed E-state index contributed by atoms with van der Waals surface area (Å²) >= 11 is 0. The van der Waals surface area contributed by atoms with E-state index in [0.29, 0.717) is 42.0 Å². The number of primary amides is 1. The highest BCUT2D eigenvalue weighted by atomic mass is 16.6. The fraction of sp³-hybridized carbons (Fsp3) is 0.632. The number of Topliss-reactive ketones (excluding diaryl/α,β-unsaturated/α-hetero) is 3. The summed E-state index contributed by atoms with van der Waals surface area (Å²) in [5.41, 5.74) is 12.6. The largest absolute Gasteiger partial charge is 0.445 e. The second kappa shape index (κ2) is 36.7. The van der Waals surface area contributed by atoms with Crippen molar-refractivity contribution in [3.8, 4) is 0 Å². The lowest BCUT2D eigenvalue weighted by atomic mass is 9.83. The van der Waals surface area contributed by atoms with Crippen LogP contribution < -0.4 is 27.4 Å². The summed E-state index contributed by atoms with van der Waals surface area (Å²) < 4.78 is 17.8. The molecular weight excluding hydrogens is 1180 g/mol. The van der Waals surface area contributed by atoms with Crippen molar-refractivity contribution < 1.29 is 72.1 Å². The van der Waals surface area contributed by atoms with E-state index < -0.39 is 126 Å². The molecule has 2 heterocycles. The van der Waals surface area contributed by atoms with Crippen LogP contribution in [0.2, 0.25) is 0 Å². The minimum atomic E-state index is -1.38. The number of carbonyl (C=O) groups excluding carboxylic acids is 11. The summed E-state index contributed by atoms with van der Waals surface area (Å²) in [5, 5.41) is 18.9. The molecule has 2 aromatic carbocycles. The van der Waals surface area contributed by atoms with Crippen molar-refractivity contribution in [1.29, 1.82) is 0 Å². The zero-order valence-corrected chi connectivity index (χ0v) is 56.4. The number of carbonyl (C=O) groups is 11. The van der Waals surface area contributed by atoms with E-state index in [9.17, 15) is 57.8 Å². The minimum absolute atomic E-state index is 0.0606. The molecule has 0 saturated carbocycles. The Kier molecular flexibility index (Phi) is 30.8. The Morgan fingerprint density at radius 1 is 0.739 bits per heavy atom. The number of nitrogens with zero attached hydrogens (tertiary/aromatic N) is 4. The summed E-state index contributed by atoms with van der Waals surface area (Å²) in [6.45, 7) is 18.3. The number of urea groups is 1. The zero-order chi connectivity index (χ0) is 68.8. The van der Waals surface area contributed by atoms with Crippen molar-refractivity contribution in [1.82, 2.24) is 30.2 Å². The average Bonchev–Trinajstić information content (AvgIpc) is 1.42. The number of ether oxygens (including phenoxy) is 3. The van der Waals surface area contributed by atoms with Gasteiger partial charge in [0.05, 0.1) is 48.9 Å². The Labute approximate surface area is 543 Å². The van der Waals surface area contributed by atoms with Gasteiger partial charge in [0.1, 0.15) is 18.4 Å². The Morgan fingerprint density at radius 2 is 1.37 bits per heavy atom. The average molecular weight is 1290 g/mol. The number of amides is 9. The van der Waals surface area contributed by atoms with Gasteiger partial charge in [-0.2, -0.15) is 0 Å². The van der Waals surface area contributed by atoms with Crippen molar-refractivity contribution in [2.24, 2.45) is 58.8 Å². The van der Waals surface area contributed by atoms with Crippen molar-refractivity contribution in [2.45, 2.75) is 182 Å². The maximum Gasteiger partial charge on any atom is 0.410 e. The zero-order valence-electron chi connectivity index (χ0n) is 56.4. The van der Waals surface area contributed by atoms with Crippen molar-refractivity contribution in [3.05, 3.63) is 77.9 Å². The maximum absolute atomic E-state index is 14.9. The lowest BCUT2D eigenvalue weighted by Crippen LogP contribution is -2.57. The number of aliphatic hydroxyl groups excluding tert-OH is 1. The Bertz CT molecular complexity index is 2850. The molecule has 9 amide bonds. The number of hydrogen-bond donors (Lipinski definition) is 6. The van der Waals surface area contributed by atoms with Crippen molar-refractivity contribution in [3.63, 3.8) is 0 Å². The maximum atomic E-state index is 14.9. The van der Waals surface area contributed by atoms with E-state index in [4.69, 9.17) is 25.7 Å². The predicted molar refractivity (Wildman–Crippen MR) is 346 cm³/mol. The van der Waals surface area contributed by atoms with Gasteiger partial charge >= 0.3 is 12.1 Å². The normalized spacial score (nSPS) is 18.0. The van der Waals surface area contributed by atoms with Gasteiger partial charge in [-0.15, -0.1) is 0 Å². The molecule has 0 radical (unpaired) electrons. The number of benzene rings is 2. The molecular formula is C68H103N9O15. The Morgan fingerprint density at radius 3 is 1.91 bits per heavy atom. The highest BCUT2D eigenvalue weighted by Gasteiger charge is 2.45. The highest BCUT2D eigenvalue weighted by Crippen LogP contribution is 2.34. The third-order valence-corrected chi connectivity index (χ3v) is 18.2. The van der Waals surface area contributed by atoms with E-state index in [0.717, 1.165) is 17.7 Å². The molecule has 2 aromatic rings. The number of imide groups is 1. The molecule has 0 bridgehead atoms. The summed E-state index contributed by atoms with van der Waals surface area (Å²) in [6.07, 6.45) is 0.974. The van der Waals surface area contributed by atoms with Gasteiger partial charge in [-0.25, -0.2) is 9.59 Å². The number of likely N-dealkylation sites (tertiary alicyclic amines) is 1. The molecule has 8 N–H and O–H groups in total. The van der Waals surface area contributed by atoms with Gasteiger partial charge in [-0.1, -0.05) is 118 Å². The van der Waals surface area contributed by atoms with Gasteiger partial charge in [-0.3, -0.25) is 48.1 Å². The van der Waals surface area contributed by atoms with E-state index in [1.807, 2.05) is 71.9 Å². The quantitative estimate of drug-likeness (QED) is 0.0326. The van der Waals surface area contributed by atoms with Crippen LogP contribution in [-0.2, 0) is 64.0 Å². The van der Waals surface area contributed by atoms with Gasteiger partial charge < -0.3 is 61.4 Å². The summed E-state index contributed by atoms with van der Waals surface area (Å²) in [6, 6.07) is 10.4. The number of hydrogen-bond acceptors (Lipinski definition) is 16. The fourth-order valence-electron chi connectivity index (χ4n) is 12.6. The van der Waals surface area contributed by atoms with E-state index >= 15 is 0 Å². The molecule has 510 valence electrons. The molecule has 24 heteroatoms. The molecule has 1 fully saturated rings. The van der Waals surface area contributed by atoms with Crippen LogP contribution in [-0.4, -0.2) is 180 Å². The molecule has 1 saturated heterocycles. The number of nitrogens with two attached hydrogens (primary N) is 2. The first-order valence-corrected chi connectivity index (χ1v) is 32.3. The van der Waals surface area contributed by atoms with Crippen LogP contribution in [0.1, 0.15) is 144 Å². The number of methoxy groups -OCH3 is 2. The van der Waals surface area contributed by atoms with Crippen LogP contribution in [0.15, 0.2) is 66.7 Å². The summed E-state index contributed by atoms with van der Waals surface area (Å²) in [7, 11) is 6.21. The molecule has 0 unspecified atom stereocenters. The molecule has 0 spiro atoms. The van der Waals surface area contributed by atoms with Gasteiger partial charge in [0.15, 0.2) is 11.6 Å². The number of nitrogens with one attached hydrogen (secondary N) is 3. The van der Waals surface area contributed by atoms with Gasteiger partial charge in [-0.05, 0) is 78.5 Å². The number of anilines is 1. The van der Waals surface area contributed by atoms with Crippen LogP contribution in [0.25, 0.3) is 0 Å². The standard InChI is InChI=1S/C68H103N9O15/c1-15-42(8)61(55(90-13)36-58(83)76-32-20-24-50(76)63(91-14)44(10)52(78)33-43(9)62(84)46-21-17-16-18-22-46)74(11)66(87)49(39(2)3)35-54(80)60(41(6)7)75(12)68(89)92-38-45-25-27-48(28-26-45)72-64(85)47(23-19-31-71-67(70)88)34-53(79)59(40(4)5)73-65(86)51(37-69)77-56(81)29-30-57(77)82/h16-18,21-22,25-30,39-44,47,49-51,55,59-63,84H,15,19-20,23-24,31-38,69H2,1-14H3,(H,72,85)(H,73,86)(H3,70,71,88)/t42-,43-,44-,47+,49-,50-,51-,55+,59-,60-,61-,62+,63+/m0/s1. The van der Waals surface area contributed by atoms with E-state index in [-0.39, 0.29) is 92.8 Å². The van der Waals surface area contributed by atoms with E-state index in [1.165, 1.54) is 19.1 Å². The van der Waals surface area contributed by atoms with E-state index in [1.54, 1.807) is 75.9 Å². The number of likely N-dealkylation sites (N-methyl/N-ethyl adjacent to an activating group) is 2. The minimum Gasteiger partial charge on any atom is -0.445 e. The summed E-state index contributed by atoms with van der Waals surface area (Å²) in [5.74, 6) is -8.25. The molecule has 24 nitrogen and oxygen atoms in total. The number of aliphatic hydroxyl groups is 1. The molecule has 2 aliphatic rings. The summed E-state index contributed by atoms with van der Waals surface area (Å²) in [4.78, 5) is 154. The van der Waals surface area contributed by atoms with Crippen LogP contribution in [0.5, 0.6) is 0 Å². The second-order valence-corrected chi connectivity index (χ2v) is 25.8. The topological polar surface area (TPSA) is 337 Å². The van der Waals surface area contributed by atoms with Crippen molar-refractivity contribution >= 4 is 70.6 Å². The number of ketones is 3. The van der Waals surface area contributed by atoms with Crippen LogP contribution in [0.4, 0.5) is 15.3 Å². The van der Waals surface area contributed by atoms with Crippen LogP contribution in [0, 0.1) is 47.3 Å². The first kappa shape index (κ1) is 77.0. The lowest BCUT2D eigenvalue weighted by Gasteiger charge is -2.41. The van der Waals surface area contributed by atoms with Crippen molar-refractivity contribution in [2.75, 3.05) is 53.3 Å². The van der Waals surface area contributed by atoms with E-state index in [2.05, 4.69) is 16.0 Å². The molecule has 0 aromatic heterocycles. The number of rotatable bonds is 38. The first-order chi connectivity index (χ1) is 43.4. The second-order valence-electron chi connectivity index (χ2n) is 25.8. The third kappa shape index (κ3) is 21.1. The molecule has 92 heavy (non-hydrogen) atoms. The molecule has 4 rings (SSSR count). The Balaban J connectivity index is 1.41. The predicted octanol–water partition coefficient (Wildman–Crippen LogP) is 6.12. The SMILES string of the molecule is CC[C@H](C)[C@@H]([C@@H](CC(=O)N1CCC[C@H]1[C@H](OC)[C@@H](C)C(=O)C[C@H](C)[C@@H](O)c1ccccc1)OC)N(C)C(=O)[C@@H](CC(=O)[C@H](C(C)C)N(C)C(=O)OCc1ccc(NC(=O)[C@H](CCCNC(N)=O)CC(=O)[C@@H](NC(=O)[C@H](CN)N2C(=O)C=CC2=O)C(C)C)cc1)C(C)C. The Hall–Kier alpha value is -7.41. The third-order valence-electron chi connectivity index (χ3n) is 18.2. The molecule has 13 atom stereocenters. The smallest absolute Gasteiger partial charge is 0.410 e. The molecule has 2 aliphatic heterocycles. The molecule has 0 aliphatic carbocycles. The van der Waals surface area contributed by atoms with Gasteiger partial charge in [0, 0.05) is 103 Å². The fourth-order valence-corrected chi connectivity index (χ4v) is 12.6. The first-order valence-electron chi connectivity index (χ1n) is 32.3. The lowest BCUT2D eigenvalue weighted by molar-refractivity contribution is -0.149. The van der Waals surface area contributed by atoms with Gasteiger partial charge in [0.25, 0.3) is 11.8 Å². The monoisotopic (exact) mass is 1290 g/mol. The highest BCUT2D eigenvalue weighted by molar-refractivity contribution is 6.15.